The molecule has 2 N–H and O–H groups in total. The number of fused-ring (bicyclic) bond motifs is 1. The summed E-state index contributed by atoms with van der Waals surface area (Å²) in [5, 5.41) is 7.60. The molecule has 1 unspecified atom stereocenters. The van der Waals surface area contributed by atoms with E-state index in [9.17, 15) is 18.9 Å². The first-order chi connectivity index (χ1) is 29.9. The third kappa shape index (κ3) is 9.32. The molecule has 324 valence electrons. The molecule has 62 heavy (non-hydrogen) atoms. The van der Waals surface area contributed by atoms with Crippen molar-refractivity contribution in [3.63, 3.8) is 0 Å². The first-order valence-corrected chi connectivity index (χ1v) is 24.2. The molecule has 3 amide bonds. The molecule has 3 aromatic carbocycles. The summed E-state index contributed by atoms with van der Waals surface area (Å²) in [4.78, 5) is 57.5. The molecule has 14 nitrogen and oxygen atoms in total. The zero-order valence-electron chi connectivity index (χ0n) is 35.7. The number of methoxy groups -OCH3 is 1. The molecule has 3 fully saturated rings. The number of ether oxygens (including phenoxy) is 1. The van der Waals surface area contributed by atoms with E-state index in [0.717, 1.165) is 97.8 Å². The van der Waals surface area contributed by atoms with E-state index in [0.29, 0.717) is 52.8 Å². The van der Waals surface area contributed by atoms with Gasteiger partial charge >= 0.3 is 0 Å². The van der Waals surface area contributed by atoms with E-state index in [1.165, 1.54) is 13.2 Å². The van der Waals surface area contributed by atoms with Crippen molar-refractivity contribution >= 4 is 70.6 Å². The molecule has 4 aromatic rings. The number of carbonyl (C=O) groups excluding carboxylic acids is 3. The largest absolute Gasteiger partial charge is 0.494 e. The van der Waals surface area contributed by atoms with Gasteiger partial charge in [0.05, 0.1) is 24.7 Å². The van der Waals surface area contributed by atoms with Crippen molar-refractivity contribution in [3.05, 3.63) is 88.6 Å². The minimum absolute atomic E-state index is 0.169. The molecule has 0 saturated carbocycles. The zero-order valence-corrected chi connectivity index (χ0v) is 37.3. The summed E-state index contributed by atoms with van der Waals surface area (Å²) in [5.41, 5.74) is 4.80. The lowest BCUT2D eigenvalue weighted by atomic mass is 10.0. The predicted molar refractivity (Wildman–Crippen MR) is 244 cm³/mol. The minimum Gasteiger partial charge on any atom is -0.494 e. The van der Waals surface area contributed by atoms with Crippen LogP contribution in [0.4, 0.5) is 28.8 Å². The van der Waals surface area contributed by atoms with Crippen LogP contribution in [-0.2, 0) is 20.7 Å². The van der Waals surface area contributed by atoms with E-state index in [1.807, 2.05) is 42.5 Å². The second-order valence-corrected chi connectivity index (χ2v) is 20.2. The Morgan fingerprint density at radius 3 is 2.45 bits per heavy atom. The Labute approximate surface area is 368 Å². The fourth-order valence-electron chi connectivity index (χ4n) is 8.92. The van der Waals surface area contributed by atoms with Crippen LogP contribution in [0.1, 0.15) is 53.6 Å². The van der Waals surface area contributed by atoms with Gasteiger partial charge in [-0.05, 0) is 74.6 Å². The lowest BCUT2D eigenvalue weighted by Crippen LogP contribution is -2.53. The SMILES string of the molecule is COc1cc(N2CCC(N3CCN(CCC#Cc4cccc5c4CN(C4CCC(=O)N(C)C4=O)C5=O)CC3)CC2)ccc1Nc1ncc(Cl)c(Nc2ccccc2P(C)(C)=O)n1. The number of likely N-dealkylation sites (N-methyl/N-ethyl adjacent to an activating group) is 1. The first kappa shape index (κ1) is 43.2. The van der Waals surface area contributed by atoms with Crippen molar-refractivity contribution in [2.45, 2.75) is 50.7 Å². The van der Waals surface area contributed by atoms with Crippen molar-refractivity contribution in [3.8, 4) is 17.6 Å². The molecule has 8 rings (SSSR count). The first-order valence-electron chi connectivity index (χ1n) is 21.2. The van der Waals surface area contributed by atoms with E-state index < -0.39 is 13.2 Å². The number of anilines is 5. The average Bonchev–Trinajstić information content (AvgIpc) is 3.61. The van der Waals surface area contributed by atoms with E-state index in [1.54, 1.807) is 31.4 Å². The number of rotatable bonds is 11. The Bertz CT molecular complexity index is 2470. The number of amides is 3. The molecular formula is C46H53ClN9O5P. The highest BCUT2D eigenvalue weighted by Gasteiger charge is 2.42. The Balaban J connectivity index is 0.801. The molecule has 5 heterocycles. The molecule has 1 atom stereocenters. The standard InChI is InChI=1S/C46H53ClN9O5P/c1-52-42(57)18-17-39(45(52)59)56-30-35-31(11-9-12-34(35)44(56)58)10-7-8-21-53-24-26-55(27-25-53)32-19-22-54(23-20-32)33-15-16-37(40(28-33)61-2)50-46-48-29-36(47)43(51-46)49-38-13-5-6-14-41(38)62(3,4)60/h5-6,9,11-16,28-29,32,39H,8,17-27,30H2,1-4H3,(H2,48,49,50,51). The van der Waals surface area contributed by atoms with Crippen LogP contribution < -0.4 is 25.6 Å². The number of para-hydroxylation sites is 1. The fraction of sp³-hybridized carbons (Fsp3) is 0.413. The van der Waals surface area contributed by atoms with Gasteiger partial charge in [0.2, 0.25) is 11.9 Å². The number of aromatic nitrogens is 2. The van der Waals surface area contributed by atoms with Crippen molar-refractivity contribution in [1.82, 2.24) is 29.6 Å². The molecular weight excluding hydrogens is 825 g/mol. The van der Waals surface area contributed by atoms with E-state index in [2.05, 4.69) is 59.3 Å². The smallest absolute Gasteiger partial charge is 0.255 e. The van der Waals surface area contributed by atoms with Gasteiger partial charge in [-0.1, -0.05) is 41.6 Å². The van der Waals surface area contributed by atoms with Crippen molar-refractivity contribution in [1.29, 1.82) is 0 Å². The molecule has 16 heteroatoms. The highest BCUT2D eigenvalue weighted by atomic mass is 35.5. The van der Waals surface area contributed by atoms with Crippen molar-refractivity contribution in [2.75, 3.05) is 88.8 Å². The van der Waals surface area contributed by atoms with Gasteiger partial charge in [-0.2, -0.15) is 4.98 Å². The van der Waals surface area contributed by atoms with Crippen LogP contribution in [0.5, 0.6) is 5.75 Å². The summed E-state index contributed by atoms with van der Waals surface area (Å²) >= 11 is 6.49. The summed E-state index contributed by atoms with van der Waals surface area (Å²) in [6, 6.07) is 19.1. The minimum atomic E-state index is -2.55. The van der Waals surface area contributed by atoms with Crippen LogP contribution in [0.15, 0.2) is 66.9 Å². The summed E-state index contributed by atoms with van der Waals surface area (Å²) in [7, 11) is 0.593. The zero-order chi connectivity index (χ0) is 43.5. The quantitative estimate of drug-likeness (QED) is 0.104. The number of nitrogens with one attached hydrogen (secondary N) is 2. The van der Waals surface area contributed by atoms with Gasteiger partial charge in [-0.15, -0.1) is 0 Å². The molecule has 4 aliphatic heterocycles. The number of likely N-dealkylation sites (tertiary alicyclic amines) is 1. The summed E-state index contributed by atoms with van der Waals surface area (Å²) in [6.07, 6.45) is 5.04. The lowest BCUT2D eigenvalue weighted by Gasteiger charge is -2.43. The Kier molecular flexibility index (Phi) is 12.9. The molecule has 0 bridgehead atoms. The van der Waals surface area contributed by atoms with Gasteiger partial charge < -0.3 is 29.7 Å². The topological polar surface area (TPSA) is 144 Å². The maximum atomic E-state index is 13.3. The van der Waals surface area contributed by atoms with Crippen molar-refractivity contribution < 1.29 is 23.7 Å². The van der Waals surface area contributed by atoms with Gasteiger partial charge in [-0.3, -0.25) is 29.1 Å². The van der Waals surface area contributed by atoms with E-state index >= 15 is 0 Å². The number of hydrogen-bond donors (Lipinski definition) is 2. The molecule has 3 saturated heterocycles. The number of piperidine rings is 2. The van der Waals surface area contributed by atoms with Crippen LogP contribution in [0.2, 0.25) is 5.02 Å². The Morgan fingerprint density at radius 2 is 1.69 bits per heavy atom. The predicted octanol–water partition coefficient (Wildman–Crippen LogP) is 6.01. The lowest BCUT2D eigenvalue weighted by molar-refractivity contribution is -0.150. The van der Waals surface area contributed by atoms with Gasteiger partial charge in [0.25, 0.3) is 11.8 Å². The summed E-state index contributed by atoms with van der Waals surface area (Å²) in [5.74, 6) is 7.40. The van der Waals surface area contributed by atoms with Gasteiger partial charge in [0, 0.05) is 106 Å². The Morgan fingerprint density at radius 1 is 0.919 bits per heavy atom. The second kappa shape index (κ2) is 18.5. The number of halogens is 1. The third-order valence-electron chi connectivity index (χ3n) is 12.4. The number of imide groups is 1. The van der Waals surface area contributed by atoms with Gasteiger partial charge in [0.1, 0.15) is 24.0 Å². The average molecular weight is 878 g/mol. The molecule has 0 spiro atoms. The third-order valence-corrected chi connectivity index (χ3v) is 14.3. The second-order valence-electron chi connectivity index (χ2n) is 16.7. The number of piperazine rings is 1. The number of benzene rings is 3. The summed E-state index contributed by atoms with van der Waals surface area (Å²) < 4.78 is 18.7. The van der Waals surface area contributed by atoms with Crippen LogP contribution in [-0.4, -0.2) is 133 Å². The monoisotopic (exact) mass is 877 g/mol. The normalized spacial score (nSPS) is 19.0. The van der Waals surface area contributed by atoms with Crippen LogP contribution in [0, 0.1) is 11.8 Å². The molecule has 0 aliphatic carbocycles. The number of carbonyl (C=O) groups is 3. The maximum absolute atomic E-state index is 13.3. The van der Waals surface area contributed by atoms with E-state index in [-0.39, 0.29) is 24.1 Å². The van der Waals surface area contributed by atoms with Gasteiger partial charge in [0.15, 0.2) is 5.82 Å². The van der Waals surface area contributed by atoms with Crippen LogP contribution in [0.25, 0.3) is 0 Å². The van der Waals surface area contributed by atoms with E-state index in [4.69, 9.17) is 16.3 Å². The summed E-state index contributed by atoms with van der Waals surface area (Å²) in [6.45, 7) is 10.7. The maximum Gasteiger partial charge on any atom is 0.255 e. The highest BCUT2D eigenvalue weighted by molar-refractivity contribution is 7.70. The fourth-order valence-corrected chi connectivity index (χ4v) is 10.2. The van der Waals surface area contributed by atoms with Crippen LogP contribution in [0.3, 0.4) is 0 Å². The highest BCUT2D eigenvalue weighted by Crippen LogP contribution is 2.39. The number of nitrogens with zero attached hydrogens (tertiary/aromatic N) is 7. The van der Waals surface area contributed by atoms with Crippen LogP contribution >= 0.6 is 18.7 Å². The van der Waals surface area contributed by atoms with Crippen molar-refractivity contribution in [2.24, 2.45) is 0 Å². The molecule has 1 aromatic heterocycles. The molecule has 4 aliphatic rings. The number of hydrogen-bond acceptors (Lipinski definition) is 12. The van der Waals surface area contributed by atoms with Gasteiger partial charge in [-0.25, -0.2) is 4.98 Å². The molecule has 0 radical (unpaired) electrons. The Hall–Kier alpha value is -5.45.